The fourth-order valence-corrected chi connectivity index (χ4v) is 4.22. The third-order valence-electron chi connectivity index (χ3n) is 5.80. The molecule has 1 aromatic rings. The van der Waals surface area contributed by atoms with Crippen LogP contribution in [0.4, 0.5) is 0 Å². The maximum Gasteiger partial charge on any atom is 0.135 e. The van der Waals surface area contributed by atoms with Crippen LogP contribution in [0.15, 0.2) is 0 Å². The molecule has 132 valence electrons. The van der Waals surface area contributed by atoms with E-state index >= 15 is 0 Å². The minimum atomic E-state index is 0.509. The van der Waals surface area contributed by atoms with E-state index in [4.69, 9.17) is 15.0 Å². The molecule has 24 heavy (non-hydrogen) atoms. The van der Waals surface area contributed by atoms with Gasteiger partial charge in [-0.1, -0.05) is 0 Å². The summed E-state index contributed by atoms with van der Waals surface area (Å²) in [5, 5.41) is 10.4. The normalized spacial score (nSPS) is 25.0. The predicted octanol–water partition coefficient (Wildman–Crippen LogP) is 1.27. The molecule has 0 bridgehead atoms. The summed E-state index contributed by atoms with van der Waals surface area (Å²) in [6.45, 7) is 6.51. The minimum absolute atomic E-state index is 0.509. The van der Waals surface area contributed by atoms with Crippen molar-refractivity contribution >= 4 is 0 Å². The Hall–Kier alpha value is -1.11. The van der Waals surface area contributed by atoms with Crippen molar-refractivity contribution in [1.82, 2.24) is 30.9 Å². The van der Waals surface area contributed by atoms with Crippen molar-refractivity contribution in [2.24, 2.45) is 0 Å². The van der Waals surface area contributed by atoms with Crippen molar-refractivity contribution in [3.05, 3.63) is 17.5 Å². The Morgan fingerprint density at radius 3 is 0.958 bits per heavy atom. The molecule has 0 unspecified atom stereocenters. The highest BCUT2D eigenvalue weighted by molar-refractivity contribution is 5.11. The van der Waals surface area contributed by atoms with Crippen LogP contribution in [0.25, 0.3) is 0 Å². The van der Waals surface area contributed by atoms with Crippen LogP contribution >= 0.6 is 0 Å². The first-order chi connectivity index (χ1) is 11.9. The van der Waals surface area contributed by atoms with Gasteiger partial charge in [0.25, 0.3) is 0 Å². The number of hydrogen-bond acceptors (Lipinski definition) is 6. The number of piperidine rings is 3. The second kappa shape index (κ2) is 7.85. The second-order valence-corrected chi connectivity index (χ2v) is 7.48. The Kier molecular flexibility index (Phi) is 5.35. The molecule has 6 nitrogen and oxygen atoms in total. The molecular formula is C18H30N6. The third-order valence-corrected chi connectivity index (χ3v) is 5.80. The highest BCUT2D eigenvalue weighted by Gasteiger charge is 2.26. The quantitative estimate of drug-likeness (QED) is 0.775. The summed E-state index contributed by atoms with van der Waals surface area (Å²) in [5.41, 5.74) is 0. The van der Waals surface area contributed by atoms with Crippen molar-refractivity contribution in [2.75, 3.05) is 39.3 Å². The van der Waals surface area contributed by atoms with Gasteiger partial charge in [0.1, 0.15) is 17.5 Å². The van der Waals surface area contributed by atoms with Crippen molar-refractivity contribution in [3.63, 3.8) is 0 Å². The lowest BCUT2D eigenvalue weighted by atomic mass is 9.93. The van der Waals surface area contributed by atoms with Crippen LogP contribution in [0, 0.1) is 0 Å². The summed E-state index contributed by atoms with van der Waals surface area (Å²) in [6, 6.07) is 0. The lowest BCUT2D eigenvalue weighted by Crippen LogP contribution is -2.31. The minimum Gasteiger partial charge on any atom is -0.317 e. The first kappa shape index (κ1) is 16.4. The van der Waals surface area contributed by atoms with E-state index in [0.717, 1.165) is 95.3 Å². The fourth-order valence-electron chi connectivity index (χ4n) is 4.22. The number of hydrogen-bond donors (Lipinski definition) is 3. The van der Waals surface area contributed by atoms with Gasteiger partial charge >= 0.3 is 0 Å². The molecule has 3 saturated heterocycles. The molecule has 3 aliphatic rings. The molecule has 0 aliphatic carbocycles. The van der Waals surface area contributed by atoms with Crippen LogP contribution in [-0.2, 0) is 0 Å². The maximum absolute atomic E-state index is 4.98. The van der Waals surface area contributed by atoms with Crippen LogP contribution < -0.4 is 16.0 Å². The summed E-state index contributed by atoms with van der Waals surface area (Å²) in [4.78, 5) is 14.9. The van der Waals surface area contributed by atoms with Gasteiger partial charge < -0.3 is 16.0 Å². The van der Waals surface area contributed by atoms with Crippen LogP contribution in [0.3, 0.4) is 0 Å². The Labute approximate surface area is 144 Å². The van der Waals surface area contributed by atoms with Gasteiger partial charge in [0.05, 0.1) is 0 Å². The highest BCUT2D eigenvalue weighted by Crippen LogP contribution is 2.30. The van der Waals surface area contributed by atoms with Gasteiger partial charge in [0.15, 0.2) is 0 Å². The SMILES string of the molecule is C1CC(c2nc(C3CCNCC3)nc(C3CCNCC3)n2)CCN1. The molecule has 1 aromatic heterocycles. The summed E-state index contributed by atoms with van der Waals surface area (Å²) in [5.74, 6) is 4.76. The average Bonchev–Trinajstić information content (AvgIpc) is 2.70. The first-order valence-corrected chi connectivity index (χ1v) is 9.78. The van der Waals surface area contributed by atoms with Gasteiger partial charge in [-0.3, -0.25) is 0 Å². The zero-order valence-electron chi connectivity index (χ0n) is 14.6. The van der Waals surface area contributed by atoms with Gasteiger partial charge in [-0.15, -0.1) is 0 Å². The van der Waals surface area contributed by atoms with Crippen LogP contribution in [-0.4, -0.2) is 54.2 Å². The monoisotopic (exact) mass is 330 g/mol. The predicted molar refractivity (Wildman–Crippen MR) is 94.4 cm³/mol. The topological polar surface area (TPSA) is 74.8 Å². The van der Waals surface area contributed by atoms with Crippen molar-refractivity contribution in [1.29, 1.82) is 0 Å². The van der Waals surface area contributed by atoms with E-state index in [2.05, 4.69) is 16.0 Å². The Bertz CT molecular complexity index is 442. The van der Waals surface area contributed by atoms with Gasteiger partial charge in [-0.05, 0) is 77.8 Å². The Morgan fingerprint density at radius 2 is 0.708 bits per heavy atom. The van der Waals surface area contributed by atoms with Crippen LogP contribution in [0.2, 0.25) is 0 Å². The van der Waals surface area contributed by atoms with Crippen LogP contribution in [0.5, 0.6) is 0 Å². The summed E-state index contributed by atoms with van der Waals surface area (Å²) < 4.78 is 0. The summed E-state index contributed by atoms with van der Waals surface area (Å²) in [6.07, 6.45) is 6.92. The molecular weight excluding hydrogens is 300 g/mol. The second-order valence-electron chi connectivity index (χ2n) is 7.48. The number of aromatic nitrogens is 3. The molecule has 3 fully saturated rings. The molecule has 3 aliphatic heterocycles. The number of rotatable bonds is 3. The number of nitrogens with one attached hydrogen (secondary N) is 3. The Morgan fingerprint density at radius 1 is 0.458 bits per heavy atom. The lowest BCUT2D eigenvalue weighted by Gasteiger charge is -2.27. The molecule has 0 radical (unpaired) electrons. The molecule has 6 heteroatoms. The zero-order valence-corrected chi connectivity index (χ0v) is 14.6. The summed E-state index contributed by atoms with van der Waals surface area (Å²) in [7, 11) is 0. The van der Waals surface area contributed by atoms with E-state index in [1.807, 2.05) is 0 Å². The van der Waals surface area contributed by atoms with Crippen molar-refractivity contribution < 1.29 is 0 Å². The highest BCUT2D eigenvalue weighted by atomic mass is 15.1. The molecule has 0 amide bonds. The third kappa shape index (κ3) is 3.76. The molecule has 0 aromatic carbocycles. The Balaban J connectivity index is 1.63. The van der Waals surface area contributed by atoms with E-state index in [-0.39, 0.29) is 0 Å². The standard InChI is InChI=1S/C18H30N6/c1-7-19-8-2-13(1)16-22-17(14-3-9-20-10-4-14)24-18(23-16)15-5-11-21-12-6-15/h13-15,19-21H,1-12H2. The van der Waals surface area contributed by atoms with Crippen molar-refractivity contribution in [2.45, 2.75) is 56.3 Å². The fraction of sp³-hybridized carbons (Fsp3) is 0.833. The van der Waals surface area contributed by atoms with Gasteiger partial charge in [-0.25, -0.2) is 15.0 Å². The smallest absolute Gasteiger partial charge is 0.135 e. The molecule has 3 N–H and O–H groups in total. The largest absolute Gasteiger partial charge is 0.317 e. The molecule has 0 atom stereocenters. The maximum atomic E-state index is 4.98. The average molecular weight is 330 g/mol. The molecule has 4 heterocycles. The van der Waals surface area contributed by atoms with E-state index in [1.54, 1.807) is 0 Å². The molecule has 4 rings (SSSR count). The van der Waals surface area contributed by atoms with E-state index < -0.39 is 0 Å². The van der Waals surface area contributed by atoms with Gasteiger partial charge in [0.2, 0.25) is 0 Å². The zero-order chi connectivity index (χ0) is 16.2. The van der Waals surface area contributed by atoms with E-state index in [9.17, 15) is 0 Å². The van der Waals surface area contributed by atoms with Crippen LogP contribution in [0.1, 0.15) is 73.8 Å². The summed E-state index contributed by atoms with van der Waals surface area (Å²) >= 11 is 0. The van der Waals surface area contributed by atoms with Crippen molar-refractivity contribution in [3.8, 4) is 0 Å². The van der Waals surface area contributed by atoms with Gasteiger partial charge in [0, 0.05) is 17.8 Å². The van der Waals surface area contributed by atoms with Gasteiger partial charge in [-0.2, -0.15) is 0 Å². The van der Waals surface area contributed by atoms with E-state index in [0.29, 0.717) is 17.8 Å². The molecule has 0 spiro atoms. The molecule has 0 saturated carbocycles. The first-order valence-electron chi connectivity index (χ1n) is 9.78. The number of nitrogens with zero attached hydrogens (tertiary/aromatic N) is 3. The van der Waals surface area contributed by atoms with E-state index in [1.165, 1.54) is 0 Å². The lowest BCUT2D eigenvalue weighted by molar-refractivity contribution is 0.405.